The van der Waals surface area contributed by atoms with Crippen LogP contribution >= 0.6 is 0 Å². The van der Waals surface area contributed by atoms with Gasteiger partial charge in [0.15, 0.2) is 11.6 Å². The first-order valence-corrected chi connectivity index (χ1v) is 11.5. The second kappa shape index (κ2) is 8.61. The number of amides is 1. The van der Waals surface area contributed by atoms with E-state index in [9.17, 15) is 9.18 Å². The molecule has 7 heteroatoms. The lowest BCUT2D eigenvalue weighted by molar-refractivity contribution is 0.0722. The van der Waals surface area contributed by atoms with Gasteiger partial charge in [0.2, 0.25) is 0 Å². The van der Waals surface area contributed by atoms with Crippen LogP contribution in [0.1, 0.15) is 48.2 Å². The first-order chi connectivity index (χ1) is 15.1. The van der Waals surface area contributed by atoms with E-state index < -0.39 is 0 Å². The summed E-state index contributed by atoms with van der Waals surface area (Å²) in [6, 6.07) is 5.00. The topological polar surface area (TPSA) is 59.4 Å². The summed E-state index contributed by atoms with van der Waals surface area (Å²) < 4.78 is 22.2. The number of halogens is 1. The maximum atomic E-state index is 14.4. The molecule has 3 aliphatic rings. The van der Waals surface area contributed by atoms with E-state index in [2.05, 4.69) is 10.3 Å². The molecule has 5 rings (SSSR count). The first-order valence-electron chi connectivity index (χ1n) is 11.5. The van der Waals surface area contributed by atoms with Gasteiger partial charge in [-0.25, -0.2) is 9.37 Å². The van der Waals surface area contributed by atoms with E-state index in [1.165, 1.54) is 12.5 Å². The quantitative estimate of drug-likeness (QED) is 0.738. The highest BCUT2D eigenvalue weighted by Crippen LogP contribution is 2.49. The van der Waals surface area contributed by atoms with E-state index in [4.69, 9.17) is 4.74 Å². The lowest BCUT2D eigenvalue weighted by atomic mass is 9.98. The van der Waals surface area contributed by atoms with Gasteiger partial charge in [0.1, 0.15) is 5.69 Å². The molecule has 1 amide bonds. The van der Waals surface area contributed by atoms with Crippen molar-refractivity contribution in [1.29, 1.82) is 0 Å². The van der Waals surface area contributed by atoms with Crippen molar-refractivity contribution in [2.24, 2.45) is 24.8 Å². The van der Waals surface area contributed by atoms with Crippen molar-refractivity contribution in [3.05, 3.63) is 47.8 Å². The molecule has 1 N–H and O–H groups in total. The SMILES string of the molecule is Cn1cnc(C(=O)N(Cc2ccc(F)c(OC3CCCCC3)c2)CC2C3CNCC32)c1. The van der Waals surface area contributed by atoms with Crippen LogP contribution in [0.2, 0.25) is 0 Å². The van der Waals surface area contributed by atoms with Crippen LogP contribution in [0.4, 0.5) is 4.39 Å². The first kappa shape index (κ1) is 20.5. The Kier molecular flexibility index (Phi) is 5.69. The Morgan fingerprint density at radius 3 is 2.74 bits per heavy atom. The lowest BCUT2D eigenvalue weighted by Crippen LogP contribution is -2.34. The monoisotopic (exact) mass is 426 g/mol. The van der Waals surface area contributed by atoms with Crippen molar-refractivity contribution in [2.75, 3.05) is 19.6 Å². The third-order valence-corrected chi connectivity index (χ3v) is 7.13. The van der Waals surface area contributed by atoms with Gasteiger partial charge in [-0.3, -0.25) is 4.79 Å². The number of aryl methyl sites for hydroxylation is 1. The lowest BCUT2D eigenvalue weighted by Gasteiger charge is -2.25. The molecule has 1 aromatic heterocycles. The molecule has 2 aliphatic carbocycles. The molecular weight excluding hydrogens is 395 g/mol. The Hall–Kier alpha value is -2.41. The summed E-state index contributed by atoms with van der Waals surface area (Å²) in [5.74, 6) is 1.77. The van der Waals surface area contributed by atoms with E-state index >= 15 is 0 Å². The minimum Gasteiger partial charge on any atom is -0.487 e. The van der Waals surface area contributed by atoms with Gasteiger partial charge in [0.25, 0.3) is 5.91 Å². The van der Waals surface area contributed by atoms with Gasteiger partial charge >= 0.3 is 0 Å². The highest BCUT2D eigenvalue weighted by Gasteiger charge is 2.53. The Morgan fingerprint density at radius 2 is 2.03 bits per heavy atom. The van der Waals surface area contributed by atoms with Crippen LogP contribution in [0.5, 0.6) is 5.75 Å². The number of carbonyl (C=O) groups excluding carboxylic acids is 1. The van der Waals surface area contributed by atoms with Crippen LogP contribution in [-0.2, 0) is 13.6 Å². The van der Waals surface area contributed by atoms with Gasteiger partial charge in [-0.15, -0.1) is 0 Å². The third-order valence-electron chi connectivity index (χ3n) is 7.13. The Morgan fingerprint density at radius 1 is 1.26 bits per heavy atom. The number of benzene rings is 1. The molecule has 1 aromatic carbocycles. The number of piperidine rings is 1. The van der Waals surface area contributed by atoms with Gasteiger partial charge < -0.3 is 19.5 Å². The summed E-state index contributed by atoms with van der Waals surface area (Å²) in [6.45, 7) is 3.22. The third kappa shape index (κ3) is 4.47. The zero-order valence-electron chi connectivity index (χ0n) is 18.1. The van der Waals surface area contributed by atoms with Crippen molar-refractivity contribution < 1.29 is 13.9 Å². The molecule has 1 saturated heterocycles. The predicted octanol–water partition coefficient (Wildman–Crippen LogP) is 3.38. The van der Waals surface area contributed by atoms with Crippen LogP contribution in [0, 0.1) is 23.6 Å². The molecule has 166 valence electrons. The molecule has 6 nitrogen and oxygen atoms in total. The van der Waals surface area contributed by atoms with Gasteiger partial charge in [-0.1, -0.05) is 12.5 Å². The van der Waals surface area contributed by atoms with Gasteiger partial charge in [-0.2, -0.15) is 0 Å². The predicted molar refractivity (Wildman–Crippen MR) is 115 cm³/mol. The van der Waals surface area contributed by atoms with Gasteiger partial charge in [0.05, 0.1) is 12.4 Å². The van der Waals surface area contributed by atoms with E-state index in [0.29, 0.717) is 42.3 Å². The van der Waals surface area contributed by atoms with Crippen molar-refractivity contribution in [3.8, 4) is 5.75 Å². The van der Waals surface area contributed by atoms with Crippen LogP contribution in [0.3, 0.4) is 0 Å². The summed E-state index contributed by atoms with van der Waals surface area (Å²) in [7, 11) is 1.86. The molecule has 31 heavy (non-hydrogen) atoms. The molecule has 2 saturated carbocycles. The minimum absolute atomic E-state index is 0.0717. The summed E-state index contributed by atoms with van der Waals surface area (Å²) in [6.07, 6.45) is 8.95. The van der Waals surface area contributed by atoms with Crippen molar-refractivity contribution in [2.45, 2.75) is 44.8 Å². The molecule has 3 fully saturated rings. The summed E-state index contributed by atoms with van der Waals surface area (Å²) in [4.78, 5) is 19.4. The van der Waals surface area contributed by atoms with E-state index in [-0.39, 0.29) is 17.8 Å². The molecule has 0 radical (unpaired) electrons. The Bertz CT molecular complexity index is 929. The Labute approximate surface area is 182 Å². The standard InChI is InChI=1S/C24H31FN4O2/c1-28-14-22(27-15-28)24(30)29(13-20-18-10-26-11-19(18)20)12-16-7-8-21(25)23(9-16)31-17-5-3-2-4-6-17/h7-9,14-15,17-20,26H,2-6,10-13H2,1H3. The number of nitrogens with one attached hydrogen (secondary N) is 1. The number of imidazole rings is 1. The molecule has 2 aromatic rings. The van der Waals surface area contributed by atoms with E-state index in [0.717, 1.165) is 44.3 Å². The fourth-order valence-corrected chi connectivity index (χ4v) is 5.30. The van der Waals surface area contributed by atoms with Gasteiger partial charge in [-0.05, 0) is 74.2 Å². The molecule has 1 aliphatic heterocycles. The largest absolute Gasteiger partial charge is 0.487 e. The molecule has 2 unspecified atom stereocenters. The average Bonchev–Trinajstić information content (AvgIpc) is 3.13. The zero-order valence-corrected chi connectivity index (χ0v) is 18.1. The number of hydrogen-bond acceptors (Lipinski definition) is 4. The summed E-state index contributed by atoms with van der Waals surface area (Å²) >= 11 is 0. The number of carbonyl (C=O) groups is 1. The van der Waals surface area contributed by atoms with Crippen LogP contribution in [-0.4, -0.2) is 46.1 Å². The van der Waals surface area contributed by atoms with E-state index in [1.807, 2.05) is 11.9 Å². The maximum absolute atomic E-state index is 14.4. The second-order valence-corrected chi connectivity index (χ2v) is 9.40. The second-order valence-electron chi connectivity index (χ2n) is 9.40. The van der Waals surface area contributed by atoms with Crippen molar-refractivity contribution in [3.63, 3.8) is 0 Å². The molecule has 0 bridgehead atoms. The molecule has 2 atom stereocenters. The number of rotatable bonds is 7. The number of hydrogen-bond donors (Lipinski definition) is 1. The summed E-state index contributed by atoms with van der Waals surface area (Å²) in [5, 5.41) is 3.41. The highest BCUT2D eigenvalue weighted by atomic mass is 19.1. The van der Waals surface area contributed by atoms with E-state index in [1.54, 1.807) is 29.2 Å². The zero-order chi connectivity index (χ0) is 21.4. The van der Waals surface area contributed by atoms with Crippen molar-refractivity contribution >= 4 is 5.91 Å². The molecular formula is C24H31FN4O2. The smallest absolute Gasteiger partial charge is 0.274 e. The number of ether oxygens (including phenoxy) is 1. The highest BCUT2D eigenvalue weighted by molar-refractivity contribution is 5.92. The Balaban J connectivity index is 1.33. The van der Waals surface area contributed by atoms with Crippen LogP contribution in [0.15, 0.2) is 30.7 Å². The van der Waals surface area contributed by atoms with Gasteiger partial charge in [0, 0.05) is 26.3 Å². The maximum Gasteiger partial charge on any atom is 0.274 e. The fraction of sp³-hybridized carbons (Fsp3) is 0.583. The molecule has 2 heterocycles. The average molecular weight is 427 g/mol. The number of nitrogens with zero attached hydrogens (tertiary/aromatic N) is 3. The van der Waals surface area contributed by atoms with Crippen LogP contribution < -0.4 is 10.1 Å². The minimum atomic E-state index is -0.334. The molecule has 0 spiro atoms. The normalized spacial score (nSPS) is 25.3. The fourth-order valence-electron chi connectivity index (χ4n) is 5.30. The summed E-state index contributed by atoms with van der Waals surface area (Å²) in [5.41, 5.74) is 1.34. The number of fused-ring (bicyclic) bond motifs is 1. The number of aromatic nitrogens is 2. The van der Waals surface area contributed by atoms with Crippen molar-refractivity contribution in [1.82, 2.24) is 19.8 Å². The van der Waals surface area contributed by atoms with Crippen LogP contribution in [0.25, 0.3) is 0 Å².